The lowest BCUT2D eigenvalue weighted by atomic mass is 9.78. The molecule has 0 aliphatic carbocycles. The van der Waals surface area contributed by atoms with Crippen molar-refractivity contribution in [3.8, 4) is 11.5 Å². The zero-order valence-corrected chi connectivity index (χ0v) is 32.3. The highest BCUT2D eigenvalue weighted by Crippen LogP contribution is 2.45. The summed E-state index contributed by atoms with van der Waals surface area (Å²) in [6, 6.07) is 5.83. The van der Waals surface area contributed by atoms with Gasteiger partial charge in [-0.15, -0.1) is 11.3 Å². The van der Waals surface area contributed by atoms with Gasteiger partial charge in [-0.1, -0.05) is 31.5 Å². The van der Waals surface area contributed by atoms with E-state index in [9.17, 15) is 76.5 Å². The summed E-state index contributed by atoms with van der Waals surface area (Å²) in [5.41, 5.74) is -6.82. The van der Waals surface area contributed by atoms with Crippen LogP contribution in [0.3, 0.4) is 0 Å². The number of alkyl halides is 6. The number of carboxylic acids is 1. The van der Waals surface area contributed by atoms with Crippen molar-refractivity contribution < 1.29 is 91.1 Å². The highest BCUT2D eigenvalue weighted by atomic mass is 32.1. The minimum Gasteiger partial charge on any atom is -0.477 e. The van der Waals surface area contributed by atoms with Crippen LogP contribution in [0.4, 0.5) is 26.3 Å². The van der Waals surface area contributed by atoms with Gasteiger partial charge in [0.25, 0.3) is 11.8 Å². The van der Waals surface area contributed by atoms with Gasteiger partial charge in [-0.05, 0) is 43.9 Å². The Bertz CT molecular complexity index is 2060. The number of piperidine rings is 2. The number of likely N-dealkylation sites (tertiary alicyclic amines) is 2. The molecule has 330 valence electrons. The van der Waals surface area contributed by atoms with Gasteiger partial charge in [0.05, 0.1) is 22.1 Å². The third kappa shape index (κ3) is 8.48. The van der Waals surface area contributed by atoms with Gasteiger partial charge in [-0.3, -0.25) is 14.6 Å². The number of pyridine rings is 1. The first-order valence-electron chi connectivity index (χ1n) is 18.2. The van der Waals surface area contributed by atoms with E-state index < -0.39 is 106 Å². The van der Waals surface area contributed by atoms with E-state index in [4.69, 9.17) is 14.6 Å². The lowest BCUT2D eigenvalue weighted by Gasteiger charge is -2.51. The molecule has 0 radical (unpaired) electrons. The Morgan fingerprint density at radius 1 is 0.950 bits per heavy atom. The van der Waals surface area contributed by atoms with Gasteiger partial charge in [0.2, 0.25) is 5.60 Å². The Balaban J connectivity index is 1.51. The number of nitrogens with zero attached hydrogens (tertiary/aromatic N) is 3. The van der Waals surface area contributed by atoms with Crippen LogP contribution >= 0.6 is 11.3 Å². The second-order valence-corrected chi connectivity index (χ2v) is 15.4. The van der Waals surface area contributed by atoms with Gasteiger partial charge >= 0.3 is 35.6 Å². The van der Waals surface area contributed by atoms with Gasteiger partial charge in [0.15, 0.2) is 6.67 Å². The summed E-state index contributed by atoms with van der Waals surface area (Å²) >= 11 is 0.421. The van der Waals surface area contributed by atoms with Crippen LogP contribution in [0.5, 0.6) is 11.5 Å². The second-order valence-electron chi connectivity index (χ2n) is 14.5. The topological polar surface area (TPSA) is 251 Å². The molecule has 3 aromatic rings. The molecule has 2 amide bonds. The quantitative estimate of drug-likeness (QED) is 0.0856. The van der Waals surface area contributed by atoms with Crippen LogP contribution in [0.1, 0.15) is 71.9 Å². The fraction of sp³-hybridized carbons (Fsp3) is 0.514. The van der Waals surface area contributed by atoms with Crippen LogP contribution in [-0.4, -0.2) is 129 Å². The van der Waals surface area contributed by atoms with Gasteiger partial charge in [-0.25, -0.2) is 9.18 Å². The predicted octanol–water partition coefficient (Wildman–Crippen LogP) is 2.42. The fourth-order valence-corrected chi connectivity index (χ4v) is 8.11. The normalized spacial score (nSPS) is 20.5. The molecule has 0 bridgehead atoms. The number of hydrogen-bond donors (Lipinski definition) is 8. The van der Waals surface area contributed by atoms with Crippen LogP contribution in [0.25, 0.3) is 0 Å². The summed E-state index contributed by atoms with van der Waals surface area (Å²) < 4.78 is 95.5. The van der Waals surface area contributed by atoms with Gasteiger partial charge in [-0.2, -0.15) is 22.0 Å². The highest BCUT2D eigenvalue weighted by molar-refractivity contribution is 7.10. The molecule has 2 unspecified atom stereocenters. The first-order chi connectivity index (χ1) is 27.8. The van der Waals surface area contributed by atoms with Gasteiger partial charge in [0, 0.05) is 49.3 Å². The van der Waals surface area contributed by atoms with E-state index in [1.165, 1.54) is 23.1 Å². The minimum atomic E-state index is -5.00. The molecule has 2 fully saturated rings. The minimum absolute atomic E-state index is 0.0435. The fourth-order valence-electron chi connectivity index (χ4n) is 7.34. The second kappa shape index (κ2) is 16.7. The van der Waals surface area contributed by atoms with E-state index in [0.717, 1.165) is 34.7 Å². The van der Waals surface area contributed by atoms with Crippen LogP contribution in [-0.2, 0) is 27.3 Å². The predicted molar refractivity (Wildman–Crippen MR) is 192 cm³/mol. The molecule has 2 aliphatic heterocycles. The van der Waals surface area contributed by atoms with Crippen molar-refractivity contribution in [2.75, 3.05) is 26.3 Å². The summed E-state index contributed by atoms with van der Waals surface area (Å²) in [5.74, 6) is -23.5. The van der Waals surface area contributed by atoms with Gasteiger partial charge < -0.3 is 60.1 Å². The zero-order valence-electron chi connectivity index (χ0n) is 31.5. The number of hydrogen-bond acceptors (Lipinski definition) is 14. The summed E-state index contributed by atoms with van der Waals surface area (Å²) in [7, 11) is 0. The number of ether oxygens (including phenoxy) is 2. The molecule has 23 heteroatoms. The summed E-state index contributed by atoms with van der Waals surface area (Å²) in [6.45, 7) is -1.29. The maximum atomic E-state index is 15.0. The Morgan fingerprint density at radius 3 is 2.20 bits per heavy atom. The molecule has 0 spiro atoms. The number of carbonyl (C=O) groups is 3. The molecule has 16 nitrogen and oxygen atoms in total. The number of thiophene rings is 1. The number of aliphatic carboxylic acids is 1. The number of benzene rings is 1. The van der Waals surface area contributed by atoms with Crippen molar-refractivity contribution in [1.82, 2.24) is 14.8 Å². The molecular formula is C37H41F6N3O13S. The van der Waals surface area contributed by atoms with Crippen LogP contribution < -0.4 is 9.47 Å². The van der Waals surface area contributed by atoms with Crippen LogP contribution in [0.2, 0.25) is 0 Å². The lowest BCUT2D eigenvalue weighted by Crippen LogP contribution is -2.73. The molecule has 0 saturated carbocycles. The molecule has 2 aliphatic rings. The number of aliphatic hydroxyl groups is 7. The Morgan fingerprint density at radius 2 is 1.60 bits per heavy atom. The smallest absolute Gasteiger partial charge is 0.418 e. The molecular weight excluding hydrogens is 840 g/mol. The number of halogens is 6. The molecule has 2 aromatic heterocycles. The van der Waals surface area contributed by atoms with E-state index in [1.807, 2.05) is 0 Å². The first-order valence-corrected chi connectivity index (χ1v) is 19.1. The summed E-state index contributed by atoms with van der Waals surface area (Å²) in [6.07, 6.45) is -4.89. The molecule has 60 heavy (non-hydrogen) atoms. The standard InChI is InChI=1S/C37H41F6N3O13S/c1-2-7-25-32(58-21-18-26(60-19-21)33(39,40)20-38,11-6-15-46(25)28(47)27-23(35(41,42)43)9-5-14-44-27)29(48)45-16-12-31(51,13-17-45)22-8-3-4-10-24(22)59-37(56,57)36(54,55)34(52,53)30(49)50/h3-5,8-10,14,18-19,25,51-57H,2,6-7,11-13,15-17,20H2,1H3,(H,49,50). The number of carboxylic acid groups (broad SMARTS) is 1. The van der Waals surface area contributed by atoms with Gasteiger partial charge in [0.1, 0.15) is 17.2 Å². The molecule has 8 N–H and O–H groups in total. The van der Waals surface area contributed by atoms with E-state index in [-0.39, 0.29) is 56.6 Å². The molecule has 4 heterocycles. The maximum Gasteiger partial charge on any atom is 0.418 e. The largest absolute Gasteiger partial charge is 0.477 e. The van der Waals surface area contributed by atoms with Crippen molar-refractivity contribution in [3.05, 3.63) is 75.7 Å². The van der Waals surface area contributed by atoms with Crippen molar-refractivity contribution in [2.24, 2.45) is 0 Å². The SMILES string of the molecule is CCCC1N(C(=O)c2ncccc2C(F)(F)F)CCCC1(Oc1csc(C(F)(F)CF)c1)C(=O)N1CCC(O)(c2ccccc2OC(O)(O)C(O)(O)C(O)(O)C(=O)O)CC1. The maximum absolute atomic E-state index is 15.0. The zero-order chi connectivity index (χ0) is 44.7. The average molecular weight is 882 g/mol. The third-order valence-electron chi connectivity index (χ3n) is 10.5. The van der Waals surface area contributed by atoms with E-state index >= 15 is 0 Å². The van der Waals surface area contributed by atoms with E-state index in [2.05, 4.69) is 4.98 Å². The van der Waals surface area contributed by atoms with Crippen LogP contribution in [0.15, 0.2) is 54.0 Å². The van der Waals surface area contributed by atoms with E-state index in [1.54, 1.807) is 6.92 Å². The number of para-hydroxylation sites is 1. The lowest BCUT2D eigenvalue weighted by molar-refractivity contribution is -0.490. The monoisotopic (exact) mass is 881 g/mol. The highest BCUT2D eigenvalue weighted by Gasteiger charge is 2.69. The van der Waals surface area contributed by atoms with E-state index in [0.29, 0.717) is 17.4 Å². The molecule has 2 atom stereocenters. The Labute approximate surface area is 340 Å². The number of aromatic nitrogens is 1. The Kier molecular flexibility index (Phi) is 12.9. The molecule has 2 saturated heterocycles. The first kappa shape index (κ1) is 46.4. The van der Waals surface area contributed by atoms with Crippen molar-refractivity contribution in [3.63, 3.8) is 0 Å². The molecule has 5 rings (SSSR count). The summed E-state index contributed by atoms with van der Waals surface area (Å²) in [4.78, 5) is 45.4. The summed E-state index contributed by atoms with van der Waals surface area (Å²) in [5, 5.41) is 82.3. The van der Waals surface area contributed by atoms with Crippen molar-refractivity contribution in [2.45, 2.75) is 92.3 Å². The van der Waals surface area contributed by atoms with Crippen molar-refractivity contribution in [1.29, 1.82) is 0 Å². The van der Waals surface area contributed by atoms with Crippen LogP contribution in [0, 0.1) is 0 Å². The average Bonchev–Trinajstić information content (AvgIpc) is 3.67. The number of amides is 2. The third-order valence-corrected chi connectivity index (χ3v) is 11.5. The molecule has 1 aromatic carbocycles. The number of carbonyl (C=O) groups excluding carboxylic acids is 2. The number of rotatable bonds is 14. The Hall–Kier alpha value is -4.62. The van der Waals surface area contributed by atoms with Crippen molar-refractivity contribution >= 4 is 29.1 Å².